The molecule has 0 aromatic heterocycles. The molecule has 0 saturated carbocycles. The second kappa shape index (κ2) is 2.14. The van der Waals surface area contributed by atoms with Crippen LogP contribution in [0.5, 0.6) is 0 Å². The molecule has 2 heterocycles. The molecule has 4 heteroatoms. The van der Waals surface area contributed by atoms with Crippen molar-refractivity contribution in [1.29, 1.82) is 0 Å². The number of β-lactam (4-membered cyclic amide) rings is 1. The van der Waals surface area contributed by atoms with Crippen LogP contribution in [-0.4, -0.2) is 34.8 Å². The van der Waals surface area contributed by atoms with E-state index in [-0.39, 0.29) is 10.8 Å². The molecule has 1 amide bonds. The fourth-order valence-corrected chi connectivity index (χ4v) is 2.90. The van der Waals surface area contributed by atoms with Crippen LogP contribution in [-0.2, 0) is 9.53 Å². The topological polar surface area (TPSA) is 29.5 Å². The Hall–Kier alpha value is -0.220. The first-order chi connectivity index (χ1) is 5.14. The predicted molar refractivity (Wildman–Crippen MR) is 43.1 cm³/mol. The highest BCUT2D eigenvalue weighted by molar-refractivity contribution is 8.01. The zero-order chi connectivity index (χ0) is 8.06. The molecule has 0 spiro atoms. The summed E-state index contributed by atoms with van der Waals surface area (Å²) in [6.45, 7) is 2.78. The highest BCUT2D eigenvalue weighted by atomic mass is 32.2. The number of ether oxygens (including phenoxy) is 1. The molecular formula is C7H11NO2S. The minimum atomic E-state index is -0.156. The summed E-state index contributed by atoms with van der Waals surface area (Å²) in [4.78, 5) is 12.7. The first-order valence-corrected chi connectivity index (χ1v) is 4.55. The zero-order valence-electron chi connectivity index (χ0n) is 6.66. The van der Waals surface area contributed by atoms with Crippen LogP contribution in [0.4, 0.5) is 0 Å². The molecule has 11 heavy (non-hydrogen) atoms. The first kappa shape index (κ1) is 7.43. The molecule has 2 atom stereocenters. The molecule has 2 rings (SSSR count). The number of hydrogen-bond donors (Lipinski definition) is 0. The van der Waals surface area contributed by atoms with Crippen LogP contribution in [0, 0.1) is 0 Å². The number of fused-ring (bicyclic) bond motifs is 1. The van der Waals surface area contributed by atoms with E-state index >= 15 is 0 Å². The number of carbonyl (C=O) groups excluding carboxylic acids is 1. The summed E-state index contributed by atoms with van der Waals surface area (Å²) in [7, 11) is 1.70. The Morgan fingerprint density at radius 1 is 1.82 bits per heavy atom. The number of carbonyl (C=O) groups is 1. The normalized spacial score (nSPS) is 42.2. The molecule has 0 aromatic rings. The summed E-state index contributed by atoms with van der Waals surface area (Å²) in [5.74, 6) is 0.267. The standard InChI is InChI=1S/C7H11NO2S/c1-7(10-2)4-8-5(9)3-6(8)11-7/h6H,3-4H2,1-2H3. The molecule has 0 bridgehead atoms. The molecule has 0 aromatic carbocycles. The van der Waals surface area contributed by atoms with E-state index in [0.29, 0.717) is 11.8 Å². The van der Waals surface area contributed by atoms with Gasteiger partial charge in [-0.3, -0.25) is 4.79 Å². The average molecular weight is 173 g/mol. The van der Waals surface area contributed by atoms with Crippen molar-refractivity contribution in [1.82, 2.24) is 4.90 Å². The van der Waals surface area contributed by atoms with E-state index in [1.807, 2.05) is 11.8 Å². The average Bonchev–Trinajstić information content (AvgIpc) is 2.25. The van der Waals surface area contributed by atoms with Crippen LogP contribution in [0.2, 0.25) is 0 Å². The number of amides is 1. The van der Waals surface area contributed by atoms with Gasteiger partial charge in [0.25, 0.3) is 0 Å². The van der Waals surface area contributed by atoms with E-state index in [1.165, 1.54) is 0 Å². The fraction of sp³-hybridized carbons (Fsp3) is 0.857. The molecule has 3 nitrogen and oxygen atoms in total. The number of thioether (sulfide) groups is 1. The van der Waals surface area contributed by atoms with E-state index in [9.17, 15) is 4.79 Å². The van der Waals surface area contributed by atoms with Gasteiger partial charge in [0.15, 0.2) is 0 Å². The van der Waals surface area contributed by atoms with Gasteiger partial charge in [0, 0.05) is 7.11 Å². The van der Waals surface area contributed by atoms with Crippen LogP contribution in [0.15, 0.2) is 0 Å². The van der Waals surface area contributed by atoms with Gasteiger partial charge in [0.05, 0.1) is 18.3 Å². The Labute approximate surface area is 70.1 Å². The Bertz CT molecular complexity index is 209. The monoisotopic (exact) mass is 173 g/mol. The van der Waals surface area contributed by atoms with E-state index in [4.69, 9.17) is 4.74 Å². The van der Waals surface area contributed by atoms with Crippen LogP contribution >= 0.6 is 11.8 Å². The highest BCUT2D eigenvalue weighted by Gasteiger charge is 2.50. The lowest BCUT2D eigenvalue weighted by molar-refractivity contribution is -0.142. The van der Waals surface area contributed by atoms with Gasteiger partial charge < -0.3 is 9.64 Å². The lowest BCUT2D eigenvalue weighted by Crippen LogP contribution is -2.47. The number of methoxy groups -OCH3 is 1. The van der Waals surface area contributed by atoms with Gasteiger partial charge >= 0.3 is 0 Å². The van der Waals surface area contributed by atoms with Gasteiger partial charge in [-0.1, -0.05) is 0 Å². The molecule has 2 unspecified atom stereocenters. The lowest BCUT2D eigenvalue weighted by atomic mass is 10.2. The van der Waals surface area contributed by atoms with Gasteiger partial charge in [-0.05, 0) is 6.92 Å². The summed E-state index contributed by atoms with van der Waals surface area (Å²) in [6.07, 6.45) is 0.698. The SMILES string of the molecule is COC1(C)CN2C(=O)CC2S1. The largest absolute Gasteiger partial charge is 0.366 e. The fourth-order valence-electron chi connectivity index (χ4n) is 1.47. The third-order valence-corrected chi connectivity index (χ3v) is 3.78. The quantitative estimate of drug-likeness (QED) is 0.545. The van der Waals surface area contributed by atoms with Crippen molar-refractivity contribution in [3.63, 3.8) is 0 Å². The zero-order valence-corrected chi connectivity index (χ0v) is 7.48. The van der Waals surface area contributed by atoms with Crippen molar-refractivity contribution in [2.24, 2.45) is 0 Å². The number of nitrogens with zero attached hydrogens (tertiary/aromatic N) is 1. The minimum absolute atomic E-state index is 0.156. The maximum atomic E-state index is 11.0. The van der Waals surface area contributed by atoms with E-state index in [0.717, 1.165) is 6.54 Å². The van der Waals surface area contributed by atoms with Crippen LogP contribution in [0.25, 0.3) is 0 Å². The molecule has 2 saturated heterocycles. The van der Waals surface area contributed by atoms with E-state index in [2.05, 4.69) is 0 Å². The van der Waals surface area contributed by atoms with Crippen molar-refractivity contribution in [2.45, 2.75) is 23.7 Å². The molecule has 62 valence electrons. The second-order valence-electron chi connectivity index (χ2n) is 3.14. The Morgan fingerprint density at radius 3 is 3.00 bits per heavy atom. The van der Waals surface area contributed by atoms with E-state index < -0.39 is 0 Å². The van der Waals surface area contributed by atoms with Crippen molar-refractivity contribution < 1.29 is 9.53 Å². The summed E-state index contributed by atoms with van der Waals surface area (Å²) in [6, 6.07) is 0. The van der Waals surface area contributed by atoms with Gasteiger partial charge in [0.1, 0.15) is 4.93 Å². The minimum Gasteiger partial charge on any atom is -0.366 e. The summed E-state index contributed by atoms with van der Waals surface area (Å²) < 4.78 is 5.30. The number of rotatable bonds is 1. The lowest BCUT2D eigenvalue weighted by Gasteiger charge is -2.32. The Kier molecular flexibility index (Phi) is 1.44. The molecule has 0 N–H and O–H groups in total. The van der Waals surface area contributed by atoms with Crippen LogP contribution < -0.4 is 0 Å². The highest BCUT2D eigenvalue weighted by Crippen LogP contribution is 2.46. The maximum absolute atomic E-state index is 11.0. The molecule has 2 aliphatic rings. The van der Waals surface area contributed by atoms with Gasteiger partial charge in [-0.25, -0.2) is 0 Å². The van der Waals surface area contributed by atoms with Crippen molar-refractivity contribution in [3.05, 3.63) is 0 Å². The third kappa shape index (κ3) is 0.964. The van der Waals surface area contributed by atoms with Crippen LogP contribution in [0.1, 0.15) is 13.3 Å². The van der Waals surface area contributed by atoms with Gasteiger partial charge in [0.2, 0.25) is 5.91 Å². The Balaban J connectivity index is 2.08. The van der Waals surface area contributed by atoms with Gasteiger partial charge in [-0.2, -0.15) is 0 Å². The van der Waals surface area contributed by atoms with Crippen LogP contribution in [0.3, 0.4) is 0 Å². The maximum Gasteiger partial charge on any atom is 0.226 e. The van der Waals surface area contributed by atoms with Crippen molar-refractivity contribution in [3.8, 4) is 0 Å². The smallest absolute Gasteiger partial charge is 0.226 e. The molecule has 0 radical (unpaired) electrons. The molecular weight excluding hydrogens is 162 g/mol. The van der Waals surface area contributed by atoms with Gasteiger partial charge in [-0.15, -0.1) is 11.8 Å². The number of hydrogen-bond acceptors (Lipinski definition) is 3. The van der Waals surface area contributed by atoms with Crippen molar-refractivity contribution in [2.75, 3.05) is 13.7 Å². The third-order valence-electron chi connectivity index (χ3n) is 2.29. The van der Waals surface area contributed by atoms with E-state index in [1.54, 1.807) is 18.9 Å². The molecule has 0 aliphatic carbocycles. The summed E-state index contributed by atoms with van der Waals surface area (Å²) in [5, 5.41) is 0.396. The van der Waals surface area contributed by atoms with Crippen molar-refractivity contribution >= 4 is 17.7 Å². The molecule has 2 fully saturated rings. The Morgan fingerprint density at radius 2 is 2.55 bits per heavy atom. The molecule has 2 aliphatic heterocycles. The second-order valence-corrected chi connectivity index (χ2v) is 4.78. The first-order valence-electron chi connectivity index (χ1n) is 3.67. The summed E-state index contributed by atoms with van der Waals surface area (Å²) in [5.41, 5.74) is 0. The predicted octanol–water partition coefficient (Wildman–Crippen LogP) is 0.654. The summed E-state index contributed by atoms with van der Waals surface area (Å²) >= 11 is 1.75.